The summed E-state index contributed by atoms with van der Waals surface area (Å²) in [5.41, 5.74) is 6.81. The van der Waals surface area contributed by atoms with Gasteiger partial charge in [0.05, 0.1) is 23.9 Å². The van der Waals surface area contributed by atoms with Crippen LogP contribution in [0.3, 0.4) is 0 Å². The first-order valence-corrected chi connectivity index (χ1v) is 7.62. The average Bonchev–Trinajstić information content (AvgIpc) is 3.00. The van der Waals surface area contributed by atoms with Gasteiger partial charge >= 0.3 is 5.97 Å². The largest absolute Gasteiger partial charge is 0.462 e. The van der Waals surface area contributed by atoms with E-state index >= 15 is 0 Å². The Labute approximate surface area is 128 Å². The van der Waals surface area contributed by atoms with Crippen molar-refractivity contribution >= 4 is 28.8 Å². The smallest absolute Gasteiger partial charge is 0.340 e. The molecule has 2 aromatic rings. The van der Waals surface area contributed by atoms with Crippen molar-refractivity contribution < 1.29 is 9.53 Å². The van der Waals surface area contributed by atoms with E-state index in [1.165, 1.54) is 4.88 Å². The van der Waals surface area contributed by atoms with Gasteiger partial charge in [0.2, 0.25) is 0 Å². The van der Waals surface area contributed by atoms with Gasteiger partial charge < -0.3 is 15.4 Å². The Hall–Kier alpha value is -2.08. The number of nitrogens with zero attached hydrogens (tertiary/aromatic N) is 2. The van der Waals surface area contributed by atoms with Crippen molar-refractivity contribution in [1.29, 1.82) is 0 Å². The van der Waals surface area contributed by atoms with Crippen molar-refractivity contribution in [1.82, 2.24) is 4.98 Å². The first-order valence-electron chi connectivity index (χ1n) is 6.74. The molecule has 112 valence electrons. The van der Waals surface area contributed by atoms with E-state index in [-0.39, 0.29) is 6.04 Å². The molecule has 0 saturated carbocycles. The second-order valence-electron chi connectivity index (χ2n) is 4.62. The maximum absolute atomic E-state index is 11.9. The van der Waals surface area contributed by atoms with Crippen LogP contribution in [-0.4, -0.2) is 24.6 Å². The van der Waals surface area contributed by atoms with Crippen molar-refractivity contribution in [2.24, 2.45) is 0 Å². The summed E-state index contributed by atoms with van der Waals surface area (Å²) in [5.74, 6) is 0.164. The van der Waals surface area contributed by atoms with Crippen LogP contribution < -0.4 is 10.6 Å². The van der Waals surface area contributed by atoms with E-state index in [0.717, 1.165) is 0 Å². The minimum atomic E-state index is -0.421. The zero-order chi connectivity index (χ0) is 15.4. The number of thiophene rings is 1. The summed E-state index contributed by atoms with van der Waals surface area (Å²) in [5, 5.41) is 2.03. The van der Waals surface area contributed by atoms with Crippen LogP contribution in [0, 0.1) is 0 Å². The molecule has 0 aliphatic carbocycles. The molecule has 0 radical (unpaired) electrons. The van der Waals surface area contributed by atoms with Crippen LogP contribution in [0.5, 0.6) is 0 Å². The Morgan fingerprint density at radius 2 is 2.29 bits per heavy atom. The molecule has 21 heavy (non-hydrogen) atoms. The standard InChI is InChI=1S/C15H19N3O2S/c1-4-20-15(19)11-7-8-17-14(13(11)16)18(3)10(2)12-6-5-9-21-12/h5-10H,4,16H2,1-3H3. The minimum absolute atomic E-state index is 0.122. The van der Waals surface area contributed by atoms with E-state index < -0.39 is 5.97 Å². The summed E-state index contributed by atoms with van der Waals surface area (Å²) in [6, 6.07) is 5.78. The molecule has 2 N–H and O–H groups in total. The van der Waals surface area contributed by atoms with Gasteiger partial charge in [0.25, 0.3) is 0 Å². The van der Waals surface area contributed by atoms with Gasteiger partial charge in [0, 0.05) is 18.1 Å². The Morgan fingerprint density at radius 3 is 2.90 bits per heavy atom. The topological polar surface area (TPSA) is 68.5 Å². The third kappa shape index (κ3) is 3.16. The number of aromatic nitrogens is 1. The SMILES string of the molecule is CCOC(=O)c1ccnc(N(C)C(C)c2cccs2)c1N. The number of nitrogen functional groups attached to an aromatic ring is 1. The summed E-state index contributed by atoms with van der Waals surface area (Å²) >= 11 is 1.68. The number of esters is 1. The van der Waals surface area contributed by atoms with Crippen LogP contribution in [0.15, 0.2) is 29.8 Å². The van der Waals surface area contributed by atoms with E-state index in [1.54, 1.807) is 30.5 Å². The molecular weight excluding hydrogens is 286 g/mol. The normalized spacial score (nSPS) is 12.0. The van der Waals surface area contributed by atoms with Gasteiger partial charge in [-0.25, -0.2) is 9.78 Å². The highest BCUT2D eigenvalue weighted by molar-refractivity contribution is 7.10. The fraction of sp³-hybridized carbons (Fsp3) is 0.333. The predicted molar refractivity (Wildman–Crippen MR) is 85.7 cm³/mol. The van der Waals surface area contributed by atoms with Crippen LogP contribution >= 0.6 is 11.3 Å². The lowest BCUT2D eigenvalue weighted by molar-refractivity contribution is 0.0527. The van der Waals surface area contributed by atoms with Crippen LogP contribution in [0.2, 0.25) is 0 Å². The first kappa shape index (κ1) is 15.3. The van der Waals surface area contributed by atoms with Gasteiger partial charge in [0.15, 0.2) is 5.82 Å². The number of ether oxygens (including phenoxy) is 1. The Kier molecular flexibility index (Phi) is 4.80. The summed E-state index contributed by atoms with van der Waals surface area (Å²) in [7, 11) is 1.91. The second-order valence-corrected chi connectivity index (χ2v) is 5.60. The monoisotopic (exact) mass is 305 g/mol. The molecule has 0 fully saturated rings. The highest BCUT2D eigenvalue weighted by Crippen LogP contribution is 2.31. The maximum Gasteiger partial charge on any atom is 0.340 e. The van der Waals surface area contributed by atoms with Crippen molar-refractivity contribution in [2.45, 2.75) is 19.9 Å². The number of nitrogens with two attached hydrogens (primary N) is 1. The quantitative estimate of drug-likeness (QED) is 0.860. The van der Waals surface area contributed by atoms with Gasteiger partial charge in [0.1, 0.15) is 0 Å². The first-order chi connectivity index (χ1) is 10.1. The van der Waals surface area contributed by atoms with E-state index in [0.29, 0.717) is 23.7 Å². The molecule has 2 rings (SSSR count). The Morgan fingerprint density at radius 1 is 1.52 bits per heavy atom. The molecule has 0 amide bonds. The van der Waals surface area contributed by atoms with Gasteiger partial charge in [-0.2, -0.15) is 0 Å². The van der Waals surface area contributed by atoms with Gasteiger partial charge in [-0.15, -0.1) is 11.3 Å². The van der Waals surface area contributed by atoms with Gasteiger partial charge in [-0.05, 0) is 31.4 Å². The summed E-state index contributed by atoms with van der Waals surface area (Å²) in [6.07, 6.45) is 1.58. The lowest BCUT2D eigenvalue weighted by Gasteiger charge is -2.26. The lowest BCUT2D eigenvalue weighted by Crippen LogP contribution is -2.24. The summed E-state index contributed by atoms with van der Waals surface area (Å²) in [4.78, 5) is 19.4. The lowest BCUT2D eigenvalue weighted by atomic mass is 10.2. The van der Waals surface area contributed by atoms with Crippen molar-refractivity contribution in [3.05, 3.63) is 40.2 Å². The molecule has 0 aliphatic heterocycles. The number of anilines is 2. The zero-order valence-corrected chi connectivity index (χ0v) is 13.2. The molecular formula is C15H19N3O2S. The minimum Gasteiger partial charge on any atom is -0.462 e. The fourth-order valence-corrected chi connectivity index (χ4v) is 2.86. The predicted octanol–water partition coefficient (Wildman–Crippen LogP) is 3.10. The number of hydrogen-bond acceptors (Lipinski definition) is 6. The van der Waals surface area contributed by atoms with Crippen LogP contribution in [0.25, 0.3) is 0 Å². The fourth-order valence-electron chi connectivity index (χ4n) is 2.03. The van der Waals surface area contributed by atoms with Crippen LogP contribution in [0.1, 0.15) is 35.1 Å². The van der Waals surface area contributed by atoms with Crippen molar-refractivity contribution in [2.75, 3.05) is 24.3 Å². The number of pyridine rings is 1. The second kappa shape index (κ2) is 6.58. The van der Waals surface area contributed by atoms with E-state index in [1.807, 2.05) is 23.4 Å². The molecule has 0 aliphatic rings. The highest BCUT2D eigenvalue weighted by atomic mass is 32.1. The highest BCUT2D eigenvalue weighted by Gasteiger charge is 2.20. The molecule has 1 atom stereocenters. The molecule has 6 heteroatoms. The Balaban J connectivity index is 2.31. The van der Waals surface area contributed by atoms with Gasteiger partial charge in [-0.3, -0.25) is 0 Å². The third-order valence-corrected chi connectivity index (χ3v) is 4.38. The molecule has 0 saturated heterocycles. The zero-order valence-electron chi connectivity index (χ0n) is 12.4. The molecule has 1 unspecified atom stereocenters. The Bertz CT molecular complexity index is 613. The summed E-state index contributed by atoms with van der Waals surface area (Å²) in [6.45, 7) is 4.16. The molecule has 0 aromatic carbocycles. The third-order valence-electron chi connectivity index (χ3n) is 3.33. The van der Waals surface area contributed by atoms with Crippen LogP contribution in [0.4, 0.5) is 11.5 Å². The van der Waals surface area contributed by atoms with E-state index in [9.17, 15) is 4.79 Å². The maximum atomic E-state index is 11.9. The molecule has 0 bridgehead atoms. The van der Waals surface area contributed by atoms with Crippen LogP contribution in [-0.2, 0) is 4.74 Å². The van der Waals surface area contributed by atoms with Crippen molar-refractivity contribution in [3.8, 4) is 0 Å². The molecule has 5 nitrogen and oxygen atoms in total. The van der Waals surface area contributed by atoms with E-state index in [4.69, 9.17) is 10.5 Å². The number of rotatable bonds is 5. The number of carbonyl (C=O) groups is 1. The number of carbonyl (C=O) groups excluding carboxylic acids is 1. The number of hydrogen-bond donors (Lipinski definition) is 1. The van der Waals surface area contributed by atoms with Crippen molar-refractivity contribution in [3.63, 3.8) is 0 Å². The molecule has 2 heterocycles. The van der Waals surface area contributed by atoms with E-state index in [2.05, 4.69) is 18.0 Å². The van der Waals surface area contributed by atoms with Gasteiger partial charge in [-0.1, -0.05) is 6.07 Å². The average molecular weight is 305 g/mol. The summed E-state index contributed by atoms with van der Waals surface area (Å²) < 4.78 is 5.01. The molecule has 0 spiro atoms. The molecule has 2 aromatic heterocycles.